The maximum Gasteiger partial charge on any atom is 0.252 e. The van der Waals surface area contributed by atoms with Gasteiger partial charge in [0.2, 0.25) is 0 Å². The number of carbonyl (C=O) groups excluding carboxylic acids is 1. The molecule has 1 aliphatic carbocycles. The summed E-state index contributed by atoms with van der Waals surface area (Å²) in [5.41, 5.74) is 13.2. The van der Waals surface area contributed by atoms with E-state index in [2.05, 4.69) is 30.8 Å². The summed E-state index contributed by atoms with van der Waals surface area (Å²) >= 11 is 0. The Morgan fingerprint density at radius 2 is 2.00 bits per heavy atom. The zero-order chi connectivity index (χ0) is 22.8. The zero-order valence-electron chi connectivity index (χ0n) is 17.4. The molecule has 3 heterocycles. The van der Waals surface area contributed by atoms with Crippen LogP contribution in [0, 0.1) is 12.7 Å². The van der Waals surface area contributed by atoms with Crippen LogP contribution in [0.5, 0.6) is 0 Å². The Hall–Kier alpha value is -3.64. The molecule has 1 fully saturated rings. The predicted octanol–water partition coefficient (Wildman–Crippen LogP) is 1.000. The number of carbonyl (C=O) groups is 1. The third kappa shape index (κ3) is 4.36. The molecular formula is C20H24FN9O2. The predicted molar refractivity (Wildman–Crippen MR) is 115 cm³/mol. The number of aromatic nitrogens is 5. The first-order chi connectivity index (χ1) is 15.3. The van der Waals surface area contributed by atoms with Gasteiger partial charge in [0.25, 0.3) is 5.91 Å². The number of nitrogens with one attached hydrogen (secondary N) is 2. The summed E-state index contributed by atoms with van der Waals surface area (Å²) in [6, 6.07) is 1.80. The average Bonchev–Trinajstić information content (AvgIpc) is 3.29. The Balaban J connectivity index is 1.66. The second-order valence-electron chi connectivity index (χ2n) is 7.68. The molecule has 0 aromatic carbocycles. The van der Waals surface area contributed by atoms with Crippen LogP contribution in [-0.4, -0.2) is 54.2 Å². The van der Waals surface area contributed by atoms with Crippen LogP contribution < -0.4 is 22.1 Å². The van der Waals surface area contributed by atoms with Crippen molar-refractivity contribution >= 4 is 23.2 Å². The van der Waals surface area contributed by atoms with E-state index in [1.54, 1.807) is 19.2 Å². The number of aryl methyl sites for hydroxylation is 1. The van der Waals surface area contributed by atoms with Gasteiger partial charge < -0.3 is 27.2 Å². The van der Waals surface area contributed by atoms with Crippen molar-refractivity contribution in [1.82, 2.24) is 25.0 Å². The lowest BCUT2D eigenvalue weighted by molar-refractivity contribution is 0.1000. The summed E-state index contributed by atoms with van der Waals surface area (Å²) < 4.78 is 14.7. The molecule has 3 aromatic heterocycles. The monoisotopic (exact) mass is 441 g/mol. The fourth-order valence-electron chi connectivity index (χ4n) is 3.69. The van der Waals surface area contributed by atoms with Crippen molar-refractivity contribution in [3.63, 3.8) is 0 Å². The maximum atomic E-state index is 14.7. The molecule has 168 valence electrons. The van der Waals surface area contributed by atoms with Gasteiger partial charge in [-0.25, -0.2) is 9.37 Å². The summed E-state index contributed by atoms with van der Waals surface area (Å²) in [7, 11) is 0. The molecule has 32 heavy (non-hydrogen) atoms. The number of hydrogen-bond acceptors (Lipinski definition) is 9. The summed E-state index contributed by atoms with van der Waals surface area (Å²) in [5, 5.41) is 24.2. The molecule has 11 nitrogen and oxygen atoms in total. The highest BCUT2D eigenvalue weighted by atomic mass is 19.1. The number of aliphatic hydroxyl groups is 1. The average molecular weight is 441 g/mol. The van der Waals surface area contributed by atoms with E-state index in [9.17, 15) is 14.3 Å². The van der Waals surface area contributed by atoms with Gasteiger partial charge in [0.1, 0.15) is 11.5 Å². The quantitative estimate of drug-likeness (QED) is 0.374. The maximum absolute atomic E-state index is 14.7. The first-order valence-corrected chi connectivity index (χ1v) is 10.1. The van der Waals surface area contributed by atoms with Gasteiger partial charge in [0.05, 0.1) is 47.7 Å². The molecular weight excluding hydrogens is 417 g/mol. The van der Waals surface area contributed by atoms with Crippen molar-refractivity contribution in [3.05, 3.63) is 47.8 Å². The van der Waals surface area contributed by atoms with Gasteiger partial charge in [-0.3, -0.25) is 9.78 Å². The summed E-state index contributed by atoms with van der Waals surface area (Å²) in [5.74, 6) is -1.64. The van der Waals surface area contributed by atoms with E-state index < -0.39 is 23.9 Å². The van der Waals surface area contributed by atoms with Gasteiger partial charge in [0, 0.05) is 6.04 Å². The lowest BCUT2D eigenvalue weighted by Crippen LogP contribution is -2.51. The minimum absolute atomic E-state index is 0.0522. The van der Waals surface area contributed by atoms with Gasteiger partial charge in [-0.2, -0.15) is 10.2 Å². The van der Waals surface area contributed by atoms with Crippen LogP contribution in [0.2, 0.25) is 0 Å². The molecule has 0 spiro atoms. The van der Waals surface area contributed by atoms with Crippen molar-refractivity contribution in [2.24, 2.45) is 11.5 Å². The molecule has 4 rings (SSSR count). The number of anilines is 3. The Morgan fingerprint density at radius 1 is 1.25 bits per heavy atom. The van der Waals surface area contributed by atoms with E-state index >= 15 is 0 Å². The van der Waals surface area contributed by atoms with Crippen LogP contribution in [-0.2, 0) is 0 Å². The molecule has 3 atom stereocenters. The van der Waals surface area contributed by atoms with Gasteiger partial charge in [-0.15, -0.1) is 4.80 Å². The number of aliphatic hydroxyl groups excluding tert-OH is 1. The molecule has 0 bridgehead atoms. The molecule has 0 saturated heterocycles. The van der Waals surface area contributed by atoms with Crippen LogP contribution in [0.1, 0.15) is 35.3 Å². The molecule has 1 saturated carbocycles. The Bertz CT molecular complexity index is 1120. The minimum Gasteiger partial charge on any atom is -0.391 e. The molecule has 0 aliphatic heterocycles. The third-order valence-corrected chi connectivity index (χ3v) is 5.44. The van der Waals surface area contributed by atoms with E-state index in [-0.39, 0.29) is 23.2 Å². The van der Waals surface area contributed by atoms with Gasteiger partial charge in [-0.05, 0) is 38.3 Å². The van der Waals surface area contributed by atoms with E-state index in [1.165, 1.54) is 17.2 Å². The van der Waals surface area contributed by atoms with Crippen molar-refractivity contribution < 1.29 is 14.3 Å². The SMILES string of the molecule is Cc1ncc(Nc2nc(NC3CCCC(O)C3N)c(F)cc2C(N)=O)cc1-n1nccn1. The molecule has 7 N–H and O–H groups in total. The fraction of sp³-hybridized carbons (Fsp3) is 0.350. The highest BCUT2D eigenvalue weighted by molar-refractivity contribution is 5.98. The summed E-state index contributed by atoms with van der Waals surface area (Å²) in [6.45, 7) is 1.80. The topological polar surface area (TPSA) is 170 Å². The Kier molecular flexibility index (Phi) is 5.97. The number of rotatable bonds is 6. The number of pyridine rings is 2. The Labute approximate surface area is 183 Å². The van der Waals surface area contributed by atoms with Crippen LogP contribution >= 0.6 is 0 Å². The first kappa shape index (κ1) is 21.6. The molecule has 1 amide bonds. The fourth-order valence-corrected chi connectivity index (χ4v) is 3.69. The van der Waals surface area contributed by atoms with E-state index in [1.807, 2.05) is 0 Å². The van der Waals surface area contributed by atoms with E-state index in [0.717, 1.165) is 12.5 Å². The molecule has 1 aliphatic rings. The van der Waals surface area contributed by atoms with Crippen LogP contribution in [0.4, 0.5) is 21.7 Å². The zero-order valence-corrected chi connectivity index (χ0v) is 17.4. The molecule has 0 radical (unpaired) electrons. The Morgan fingerprint density at radius 3 is 2.72 bits per heavy atom. The normalized spacial score (nSPS) is 20.7. The van der Waals surface area contributed by atoms with Crippen LogP contribution in [0.15, 0.2) is 30.7 Å². The molecule has 3 unspecified atom stereocenters. The van der Waals surface area contributed by atoms with Gasteiger partial charge in [0.15, 0.2) is 11.6 Å². The lowest BCUT2D eigenvalue weighted by atomic mass is 9.88. The van der Waals surface area contributed by atoms with Gasteiger partial charge in [-0.1, -0.05) is 0 Å². The summed E-state index contributed by atoms with van der Waals surface area (Å²) in [4.78, 5) is 21.9. The number of hydrogen-bond donors (Lipinski definition) is 5. The number of nitrogens with zero attached hydrogens (tertiary/aromatic N) is 5. The highest BCUT2D eigenvalue weighted by Gasteiger charge is 2.30. The van der Waals surface area contributed by atoms with Crippen molar-refractivity contribution in [2.75, 3.05) is 10.6 Å². The number of halogens is 1. The van der Waals surface area contributed by atoms with Crippen molar-refractivity contribution in [3.8, 4) is 5.69 Å². The van der Waals surface area contributed by atoms with Crippen molar-refractivity contribution in [1.29, 1.82) is 0 Å². The second kappa shape index (κ2) is 8.85. The standard InChI is InChI=1S/C20H24FN9O2/c1-10-15(30-25-5-6-26-30)7-11(9-24-10)27-19-12(18(23)32)8-13(21)20(29-19)28-14-3-2-4-16(31)17(14)22/h5-9,14,16-17,31H,2-4,22H2,1H3,(H2,23,32)(H2,27,28,29). The van der Waals surface area contributed by atoms with Crippen LogP contribution in [0.3, 0.4) is 0 Å². The highest BCUT2D eigenvalue weighted by Crippen LogP contribution is 2.27. The lowest BCUT2D eigenvalue weighted by Gasteiger charge is -2.33. The third-order valence-electron chi connectivity index (χ3n) is 5.44. The van der Waals surface area contributed by atoms with E-state index in [0.29, 0.717) is 29.9 Å². The molecule has 3 aromatic rings. The molecule has 12 heteroatoms. The minimum atomic E-state index is -0.843. The van der Waals surface area contributed by atoms with E-state index in [4.69, 9.17) is 11.5 Å². The smallest absolute Gasteiger partial charge is 0.252 e. The number of nitrogens with two attached hydrogens (primary N) is 2. The largest absolute Gasteiger partial charge is 0.391 e. The summed E-state index contributed by atoms with van der Waals surface area (Å²) in [6.07, 6.45) is 5.93. The first-order valence-electron chi connectivity index (χ1n) is 10.1. The van der Waals surface area contributed by atoms with Crippen molar-refractivity contribution in [2.45, 2.75) is 44.4 Å². The van der Waals surface area contributed by atoms with Gasteiger partial charge >= 0.3 is 0 Å². The number of primary amides is 1. The second-order valence-corrected chi connectivity index (χ2v) is 7.68. The number of amides is 1. The van der Waals surface area contributed by atoms with Crippen LogP contribution in [0.25, 0.3) is 5.69 Å².